The maximum Gasteiger partial charge on any atom is 0.328 e. The molecular formula is C78H106Cl2N8O13. The van der Waals surface area contributed by atoms with Crippen molar-refractivity contribution < 1.29 is 62.0 Å². The van der Waals surface area contributed by atoms with Crippen molar-refractivity contribution in [3.05, 3.63) is 160 Å². The minimum absolute atomic E-state index is 0.0413. The summed E-state index contributed by atoms with van der Waals surface area (Å²) in [6, 6.07) is 25.3. The molecule has 3 aliphatic heterocycles. The predicted octanol–water partition coefficient (Wildman–Crippen LogP) is 12.6. The van der Waals surface area contributed by atoms with Crippen LogP contribution in [0.5, 0.6) is 11.5 Å². The topological polar surface area (TPSA) is 306 Å². The largest absolute Gasteiger partial charge is 0.495 e. The van der Waals surface area contributed by atoms with Crippen molar-refractivity contribution in [3.8, 4) is 11.5 Å². The van der Waals surface area contributed by atoms with Gasteiger partial charge in [0.2, 0.25) is 35.4 Å². The van der Waals surface area contributed by atoms with Crippen molar-refractivity contribution in [1.82, 2.24) is 31.9 Å². The fourth-order valence-corrected chi connectivity index (χ4v) is 12.4. The number of amides is 6. The number of hydrogen-bond acceptors (Lipinski definition) is 15. The minimum Gasteiger partial charge on any atom is -0.495 e. The van der Waals surface area contributed by atoms with E-state index < -0.39 is 84.0 Å². The van der Waals surface area contributed by atoms with Gasteiger partial charge in [-0.3, -0.25) is 28.8 Å². The fraction of sp³-hybridized carbons (Fsp3) is 0.513. The van der Waals surface area contributed by atoms with Gasteiger partial charge in [-0.1, -0.05) is 203 Å². The molecule has 3 aliphatic rings. The highest BCUT2D eigenvalue weighted by molar-refractivity contribution is 6.32. The number of hydrogen-bond donors (Lipinski definition) is 6. The summed E-state index contributed by atoms with van der Waals surface area (Å²) in [6.07, 6.45) is 10.9. The molecule has 1 fully saturated rings. The first-order chi connectivity index (χ1) is 48.2. The maximum atomic E-state index is 13.8. The van der Waals surface area contributed by atoms with E-state index in [0.717, 1.165) is 22.3 Å². The Labute approximate surface area is 607 Å². The number of cyclic esters (lactones) is 2. The van der Waals surface area contributed by atoms with Crippen LogP contribution in [-0.4, -0.2) is 116 Å². The van der Waals surface area contributed by atoms with Crippen LogP contribution in [0.25, 0.3) is 6.08 Å². The molecule has 0 aliphatic carbocycles. The van der Waals surface area contributed by atoms with Crippen LogP contribution >= 0.6 is 23.2 Å². The zero-order valence-electron chi connectivity index (χ0n) is 61.0. The summed E-state index contributed by atoms with van der Waals surface area (Å²) in [7, 11) is 3.04. The number of methoxy groups -OCH3 is 2. The molecule has 4 aromatic carbocycles. The Kier molecular flexibility index (Phi) is 36.9. The molecule has 4 unspecified atom stereocenters. The van der Waals surface area contributed by atoms with Gasteiger partial charge in [0, 0.05) is 73.2 Å². The van der Waals surface area contributed by atoms with Crippen LogP contribution in [-0.2, 0) is 65.4 Å². The molecule has 23 heteroatoms. The van der Waals surface area contributed by atoms with Crippen LogP contribution in [0.2, 0.25) is 10.0 Å². The Morgan fingerprint density at radius 1 is 0.515 bits per heavy atom. The number of ether oxygens (including phenoxy) is 5. The normalized spacial score (nSPS) is 23.9. The number of carbonyl (C=O) groups is 8. The first kappa shape index (κ1) is 84.8. The highest BCUT2D eigenvalue weighted by Crippen LogP contribution is 2.45. The average Bonchev–Trinajstić information content (AvgIpc) is 1.63. The van der Waals surface area contributed by atoms with E-state index in [0.29, 0.717) is 47.2 Å². The summed E-state index contributed by atoms with van der Waals surface area (Å²) in [5, 5.41) is 30.2. The van der Waals surface area contributed by atoms with Gasteiger partial charge in [0.25, 0.3) is 0 Å². The molecule has 3 heterocycles. The zero-order valence-corrected chi connectivity index (χ0v) is 62.5. The van der Waals surface area contributed by atoms with E-state index in [9.17, 15) is 38.4 Å². The molecule has 0 saturated carbocycles. The number of nitrogens with one attached hydrogen (secondary N) is 6. The van der Waals surface area contributed by atoms with Crippen molar-refractivity contribution in [2.24, 2.45) is 35.5 Å². The second-order valence-electron chi connectivity index (χ2n) is 27.2. The number of halogens is 2. The van der Waals surface area contributed by atoms with Crippen LogP contribution < -0.4 is 41.4 Å². The third kappa shape index (κ3) is 29.9. The smallest absolute Gasteiger partial charge is 0.328 e. The van der Waals surface area contributed by atoms with Gasteiger partial charge < -0.3 is 55.6 Å². The lowest BCUT2D eigenvalue weighted by atomic mass is 9.93. The highest BCUT2D eigenvalue weighted by atomic mass is 35.5. The summed E-state index contributed by atoms with van der Waals surface area (Å²) >= 11 is 12.7. The van der Waals surface area contributed by atoms with Crippen molar-refractivity contribution in [1.29, 1.82) is 10.8 Å². The van der Waals surface area contributed by atoms with Gasteiger partial charge in [0.15, 0.2) is 0 Å². The number of nitrogens with zero attached hydrogens (tertiary/aromatic N) is 2. The summed E-state index contributed by atoms with van der Waals surface area (Å²) in [5.74, 6) is -2.56. The average molecular weight is 1430 g/mol. The van der Waals surface area contributed by atoms with Crippen LogP contribution in [0.1, 0.15) is 163 Å². The number of carbonyl (C=O) groups excluding carboxylic acids is 8. The molecule has 7 rings (SSSR count). The number of benzene rings is 4. The lowest BCUT2D eigenvalue weighted by molar-refractivity contribution is -0.156. The molecule has 0 radical (unpaired) electrons. The van der Waals surface area contributed by atoms with Crippen LogP contribution in [0, 0.1) is 46.3 Å². The second-order valence-corrected chi connectivity index (χ2v) is 28.0. The van der Waals surface area contributed by atoms with Gasteiger partial charge in [-0.05, 0) is 108 Å². The van der Waals surface area contributed by atoms with E-state index in [1.54, 1.807) is 48.6 Å². The summed E-state index contributed by atoms with van der Waals surface area (Å²) in [4.78, 5) is 108. The van der Waals surface area contributed by atoms with E-state index in [4.69, 9.17) is 57.7 Å². The Balaban J connectivity index is 0.000000408. The molecule has 0 spiro atoms. The molecule has 12 atom stereocenters. The van der Waals surface area contributed by atoms with Gasteiger partial charge in [-0.2, -0.15) is 0 Å². The molecule has 6 N–H and O–H groups in total. The van der Waals surface area contributed by atoms with E-state index in [1.807, 2.05) is 156 Å². The van der Waals surface area contributed by atoms with Gasteiger partial charge in [0.05, 0.1) is 30.4 Å². The van der Waals surface area contributed by atoms with Gasteiger partial charge in [0.1, 0.15) is 54.0 Å². The Bertz CT molecular complexity index is 3420. The Hall–Kier alpha value is -8.58. The number of esters is 2. The molecule has 1 saturated heterocycles. The molecule has 0 bridgehead atoms. The zero-order chi connectivity index (χ0) is 74.9. The quantitative estimate of drug-likeness (QED) is 0.0272. The van der Waals surface area contributed by atoms with Gasteiger partial charge in [-0.25, -0.2) is 9.59 Å². The lowest BCUT2D eigenvalue weighted by Gasteiger charge is -2.28. The first-order valence-electron chi connectivity index (χ1n) is 35.0. The van der Waals surface area contributed by atoms with Gasteiger partial charge >= 0.3 is 11.9 Å². The Morgan fingerprint density at radius 3 is 1.33 bits per heavy atom. The van der Waals surface area contributed by atoms with E-state index in [-0.39, 0.29) is 98.1 Å². The Morgan fingerprint density at radius 2 is 0.921 bits per heavy atom. The molecular weight excluding hydrogens is 1330 g/mol. The van der Waals surface area contributed by atoms with Gasteiger partial charge in [-0.15, -0.1) is 0 Å². The number of rotatable bonds is 20. The second kappa shape index (κ2) is 43.9. The maximum absolute atomic E-state index is 13.8. The van der Waals surface area contributed by atoms with Crippen molar-refractivity contribution in [2.75, 3.05) is 14.2 Å². The van der Waals surface area contributed by atoms with Crippen molar-refractivity contribution in [2.45, 2.75) is 208 Å². The van der Waals surface area contributed by atoms with E-state index >= 15 is 0 Å². The molecule has 0 aromatic heterocycles. The third-order valence-corrected chi connectivity index (χ3v) is 17.4. The standard InChI is InChI=1S/C38H50ClN3O7.C38H50ClN3O6.C2H6.N2/c1-22(2)17-27-21-34(44)42-30(18-23(3)4)38(46)48-31(24(5)35-36(49-35)26-11-8-7-9-12-26)13-10-14-33(43)41-29(37(45)40-27)20-25-15-16-32(47-6)28(39)19-25;1-24(2)19-29-23-36(44)42-32(20-25(3)4)38(46)48-33(26(5)15-16-27-11-8-7-9-12-27)13-10-14-35(43)41-31(37(45)40-29)22-28-17-18-34(47-6)30(39)21-28;2*1-2/h7-12,14-16,19,22-24,27,29-31,35-36H,13,17-18,20-21H2,1-6H3,(H,40,45)(H,41,43)(H,42,44);7-12,14-18,21,24-26,29,31-33H,13,19-20,22-23H2,1-6H3,(H,40,45)(H,41,43)(H,42,44);1-2H3;/b14-10+;14-10+,16-15+;;/t24-,27?,29+,30-,31-,35?,36?;26-,29?,31-,32+,33+;;/m01../s1. The van der Waals surface area contributed by atoms with E-state index in [1.165, 1.54) is 26.4 Å². The predicted molar refractivity (Wildman–Crippen MR) is 392 cm³/mol. The summed E-state index contributed by atoms with van der Waals surface area (Å²) < 4.78 is 28.7. The minimum atomic E-state index is -0.958. The monoisotopic (exact) mass is 1430 g/mol. The molecule has 101 heavy (non-hydrogen) atoms. The molecule has 21 nitrogen and oxygen atoms in total. The summed E-state index contributed by atoms with van der Waals surface area (Å²) in [5.41, 5.74) is 3.48. The highest BCUT2D eigenvalue weighted by Gasteiger charge is 2.48. The first-order valence-corrected chi connectivity index (χ1v) is 35.8. The van der Waals surface area contributed by atoms with Crippen LogP contribution in [0.4, 0.5) is 0 Å². The fourth-order valence-electron chi connectivity index (χ4n) is 11.9. The van der Waals surface area contributed by atoms with Crippen LogP contribution in [0.3, 0.4) is 0 Å². The summed E-state index contributed by atoms with van der Waals surface area (Å²) in [6.45, 7) is 23.8. The number of epoxide rings is 1. The SMILES string of the molecule is CC.COc1ccc(C[C@H]2NC(=O)/C=C/C[C@@H]([C@H](C)/C=C/c3ccccc3)OC(=O)[C@H](CC(C)C)NC(=O)CC(CC(C)C)NC2=O)cc1Cl.COc1ccc(C[C@H]2NC(=O)/C=C/C[C@@H]([C@H](C)C3OC3c3ccccc3)OC(=O)[C@H](CC(C)C)NC(=O)CC(CC(C)C)NC2=O)cc1Cl.N#N. The van der Waals surface area contributed by atoms with Crippen molar-refractivity contribution >= 4 is 76.7 Å². The molecule has 6 amide bonds. The molecule has 4 aromatic rings. The molecule has 550 valence electrons. The lowest BCUT2D eigenvalue weighted by Crippen LogP contribution is -2.52. The third-order valence-electron chi connectivity index (χ3n) is 16.8. The van der Waals surface area contributed by atoms with Crippen LogP contribution in [0.15, 0.2) is 127 Å². The van der Waals surface area contributed by atoms with Crippen molar-refractivity contribution in [3.63, 3.8) is 0 Å². The van der Waals surface area contributed by atoms with E-state index in [2.05, 4.69) is 31.9 Å².